The number of aromatic nitrogens is 1. The minimum atomic E-state index is -0.952. The van der Waals surface area contributed by atoms with E-state index in [1.54, 1.807) is 20.8 Å². The fraction of sp³-hybridized carbons (Fsp3) is 0.433. The van der Waals surface area contributed by atoms with Gasteiger partial charge in [0.05, 0.1) is 0 Å². The summed E-state index contributed by atoms with van der Waals surface area (Å²) in [5, 5.41) is 6.53. The molecule has 0 fully saturated rings. The molecule has 1 heterocycles. The van der Waals surface area contributed by atoms with Gasteiger partial charge in [-0.05, 0) is 50.3 Å². The van der Waals surface area contributed by atoms with Crippen molar-refractivity contribution in [3.8, 4) is 0 Å². The minimum Gasteiger partial charge on any atom is -0.459 e. The van der Waals surface area contributed by atoms with Crippen molar-refractivity contribution < 1.29 is 23.9 Å². The molecule has 1 aromatic heterocycles. The van der Waals surface area contributed by atoms with Gasteiger partial charge in [0.15, 0.2) is 0 Å². The summed E-state index contributed by atoms with van der Waals surface area (Å²) in [5.74, 6) is -0.899. The molecule has 2 amide bonds. The zero-order valence-electron chi connectivity index (χ0n) is 23.1. The van der Waals surface area contributed by atoms with Gasteiger partial charge in [0.25, 0.3) is 0 Å². The molecule has 0 saturated heterocycles. The number of nitrogens with one attached hydrogen (secondary N) is 2. The summed E-state index contributed by atoms with van der Waals surface area (Å²) in [4.78, 5) is 39.2. The van der Waals surface area contributed by atoms with Gasteiger partial charge in [0.1, 0.15) is 24.3 Å². The van der Waals surface area contributed by atoms with Crippen LogP contribution in [0.1, 0.15) is 52.2 Å². The lowest BCUT2D eigenvalue weighted by Crippen LogP contribution is -2.53. The number of hydrogen-bond acceptors (Lipinski definition) is 5. The summed E-state index contributed by atoms with van der Waals surface area (Å²) < 4.78 is 13.0. The van der Waals surface area contributed by atoms with Crippen LogP contribution in [-0.2, 0) is 39.1 Å². The van der Waals surface area contributed by atoms with Gasteiger partial charge in [-0.1, -0.05) is 62.4 Å². The first-order chi connectivity index (χ1) is 17.9. The molecule has 2 atom stereocenters. The molecule has 0 aliphatic heterocycles. The number of benzene rings is 2. The zero-order chi connectivity index (χ0) is 27.9. The van der Waals surface area contributed by atoms with Gasteiger partial charge in [-0.3, -0.25) is 4.79 Å². The quantitative estimate of drug-likeness (QED) is 0.370. The summed E-state index contributed by atoms with van der Waals surface area (Å²) >= 11 is 0. The molecule has 0 saturated carbocycles. The van der Waals surface area contributed by atoms with Crippen molar-refractivity contribution in [1.82, 2.24) is 15.2 Å². The Hall–Kier alpha value is -3.81. The summed E-state index contributed by atoms with van der Waals surface area (Å²) in [6, 6.07) is 15.4. The fourth-order valence-corrected chi connectivity index (χ4v) is 4.26. The van der Waals surface area contributed by atoms with Crippen LogP contribution < -0.4 is 10.6 Å². The Labute approximate surface area is 224 Å². The van der Waals surface area contributed by atoms with Crippen molar-refractivity contribution in [2.45, 2.75) is 71.8 Å². The number of amides is 2. The maximum absolute atomic E-state index is 13.4. The first kappa shape index (κ1) is 28.8. The van der Waals surface area contributed by atoms with Crippen LogP contribution in [0.2, 0.25) is 0 Å². The van der Waals surface area contributed by atoms with E-state index in [2.05, 4.69) is 10.6 Å². The smallest absolute Gasteiger partial charge is 0.408 e. The topological polar surface area (TPSA) is 98.7 Å². The molecule has 0 aliphatic carbocycles. The molecule has 204 valence electrons. The number of para-hydroxylation sites is 1. The molecule has 2 N–H and O–H groups in total. The Kier molecular flexibility index (Phi) is 9.55. The van der Waals surface area contributed by atoms with Gasteiger partial charge >= 0.3 is 12.1 Å². The molecule has 8 heteroatoms. The minimum absolute atomic E-state index is 0.0904. The summed E-state index contributed by atoms with van der Waals surface area (Å²) in [6.07, 6.45) is 1.89. The molecule has 0 aliphatic rings. The van der Waals surface area contributed by atoms with Crippen LogP contribution in [0.25, 0.3) is 10.9 Å². The molecular weight excluding hydrogens is 482 g/mol. The Balaban J connectivity index is 1.83. The van der Waals surface area contributed by atoms with Gasteiger partial charge < -0.3 is 24.7 Å². The third-order valence-electron chi connectivity index (χ3n) is 5.94. The molecule has 2 aromatic carbocycles. The predicted octanol–water partition coefficient (Wildman–Crippen LogP) is 4.89. The van der Waals surface area contributed by atoms with Crippen LogP contribution >= 0.6 is 0 Å². The van der Waals surface area contributed by atoms with E-state index in [1.165, 1.54) is 0 Å². The molecule has 0 unspecified atom stereocenters. The Bertz CT molecular complexity index is 1240. The number of fused-ring (bicyclic) bond motifs is 1. The summed E-state index contributed by atoms with van der Waals surface area (Å²) in [6.45, 7) is 9.28. The summed E-state index contributed by atoms with van der Waals surface area (Å²) in [5.41, 5.74) is 2.07. The van der Waals surface area contributed by atoms with Crippen molar-refractivity contribution in [2.75, 3.05) is 0 Å². The number of carbonyl (C=O) groups is 3. The second-order valence-electron chi connectivity index (χ2n) is 11.0. The van der Waals surface area contributed by atoms with E-state index >= 15 is 0 Å². The average Bonchev–Trinajstić information content (AvgIpc) is 3.16. The Morgan fingerprint density at radius 2 is 1.58 bits per heavy atom. The van der Waals surface area contributed by atoms with Crippen LogP contribution in [0.15, 0.2) is 60.8 Å². The normalized spacial score (nSPS) is 13.1. The van der Waals surface area contributed by atoms with Gasteiger partial charge in [0, 0.05) is 30.6 Å². The lowest BCUT2D eigenvalue weighted by atomic mass is 10.0. The van der Waals surface area contributed by atoms with E-state index in [-0.39, 0.29) is 18.9 Å². The van der Waals surface area contributed by atoms with Crippen LogP contribution in [0, 0.1) is 5.92 Å². The number of aryl methyl sites for hydroxylation is 1. The van der Waals surface area contributed by atoms with E-state index in [1.807, 2.05) is 86.3 Å². The van der Waals surface area contributed by atoms with E-state index < -0.39 is 35.7 Å². The number of esters is 1. The number of hydrogen-bond donors (Lipinski definition) is 2. The lowest BCUT2D eigenvalue weighted by Gasteiger charge is -2.26. The highest BCUT2D eigenvalue weighted by Crippen LogP contribution is 2.22. The molecule has 0 bridgehead atoms. The van der Waals surface area contributed by atoms with Crippen LogP contribution in [0.3, 0.4) is 0 Å². The van der Waals surface area contributed by atoms with Crippen molar-refractivity contribution >= 4 is 28.9 Å². The van der Waals surface area contributed by atoms with Crippen molar-refractivity contribution in [1.29, 1.82) is 0 Å². The van der Waals surface area contributed by atoms with Gasteiger partial charge in [-0.25, -0.2) is 9.59 Å². The Morgan fingerprint density at radius 3 is 2.24 bits per heavy atom. The first-order valence-corrected chi connectivity index (χ1v) is 13.0. The third kappa shape index (κ3) is 8.36. The predicted molar refractivity (Wildman–Crippen MR) is 147 cm³/mol. The van der Waals surface area contributed by atoms with Crippen molar-refractivity contribution in [3.63, 3.8) is 0 Å². The second kappa shape index (κ2) is 12.6. The van der Waals surface area contributed by atoms with E-state index in [9.17, 15) is 14.4 Å². The molecule has 0 spiro atoms. The molecule has 38 heavy (non-hydrogen) atoms. The molecule has 3 rings (SSSR count). The number of alkyl carbamates (subject to hydrolysis) is 1. The van der Waals surface area contributed by atoms with Crippen LogP contribution in [0.5, 0.6) is 0 Å². The van der Waals surface area contributed by atoms with E-state index in [0.717, 1.165) is 22.0 Å². The molecular formula is C30H39N3O5. The number of carbonyl (C=O) groups excluding carboxylic acids is 3. The standard InChI is InChI=1S/C30H39N3O5/c1-20(2)16-24(32-29(36)38-30(3,4)5)27(34)31-25(28(35)37-19-21-12-8-7-9-13-21)17-22-18-33(6)26-15-11-10-14-23(22)26/h7-15,18,20,24-25H,16-17,19H2,1-6H3,(H,31,34)(H,32,36)/t24-,25+/m0/s1. The van der Waals surface area contributed by atoms with E-state index in [4.69, 9.17) is 9.47 Å². The highest BCUT2D eigenvalue weighted by Gasteiger charge is 2.30. The zero-order valence-corrected chi connectivity index (χ0v) is 23.1. The van der Waals surface area contributed by atoms with Crippen molar-refractivity contribution in [3.05, 3.63) is 71.9 Å². The fourth-order valence-electron chi connectivity index (χ4n) is 4.26. The molecule has 8 nitrogen and oxygen atoms in total. The Morgan fingerprint density at radius 1 is 0.921 bits per heavy atom. The maximum atomic E-state index is 13.4. The highest BCUT2D eigenvalue weighted by molar-refractivity contribution is 5.91. The van der Waals surface area contributed by atoms with Crippen LogP contribution in [-0.4, -0.2) is 40.2 Å². The molecule has 3 aromatic rings. The number of nitrogens with zero attached hydrogens (tertiary/aromatic N) is 1. The first-order valence-electron chi connectivity index (χ1n) is 13.0. The third-order valence-corrected chi connectivity index (χ3v) is 5.94. The number of ether oxygens (including phenoxy) is 2. The maximum Gasteiger partial charge on any atom is 0.408 e. The highest BCUT2D eigenvalue weighted by atomic mass is 16.6. The monoisotopic (exact) mass is 521 g/mol. The van der Waals surface area contributed by atoms with Gasteiger partial charge in [-0.2, -0.15) is 0 Å². The van der Waals surface area contributed by atoms with Gasteiger partial charge in [0.2, 0.25) is 5.91 Å². The van der Waals surface area contributed by atoms with E-state index in [0.29, 0.717) is 6.42 Å². The number of rotatable bonds is 10. The van der Waals surface area contributed by atoms with Crippen LogP contribution in [0.4, 0.5) is 4.79 Å². The SMILES string of the molecule is CC(C)C[C@H](NC(=O)OC(C)(C)C)C(=O)N[C@H](Cc1cn(C)c2ccccc12)C(=O)OCc1ccccc1. The molecule has 0 radical (unpaired) electrons. The second-order valence-corrected chi connectivity index (χ2v) is 11.0. The average molecular weight is 522 g/mol. The lowest BCUT2D eigenvalue weighted by molar-refractivity contribution is -0.149. The van der Waals surface area contributed by atoms with Crippen molar-refractivity contribution in [2.24, 2.45) is 13.0 Å². The largest absolute Gasteiger partial charge is 0.459 e. The van der Waals surface area contributed by atoms with Gasteiger partial charge in [-0.15, -0.1) is 0 Å². The summed E-state index contributed by atoms with van der Waals surface area (Å²) in [7, 11) is 1.94.